The molecular formula is C58H101N17O11. The summed E-state index contributed by atoms with van der Waals surface area (Å²) in [7, 11) is 1.40. The molecule has 2 rings (SSSR count). The lowest BCUT2D eigenvalue weighted by molar-refractivity contribution is -0.136. The van der Waals surface area contributed by atoms with Gasteiger partial charge in [-0.3, -0.25) is 53.4 Å². The van der Waals surface area contributed by atoms with Crippen molar-refractivity contribution in [2.45, 2.75) is 223 Å². The Morgan fingerprint density at radius 1 is 0.500 bits per heavy atom. The predicted octanol–water partition coefficient (Wildman–Crippen LogP) is 0.662. The number of carbonyl (C=O) groups is 10. The number of nitrogens with zero attached hydrogens (tertiary/aromatic N) is 2. The Hall–Kier alpha value is -7.49. The Labute approximate surface area is 506 Å². The zero-order valence-electron chi connectivity index (χ0n) is 50.9. The fourth-order valence-corrected chi connectivity index (χ4v) is 9.31. The lowest BCUT2D eigenvalue weighted by Gasteiger charge is -2.28. The van der Waals surface area contributed by atoms with Gasteiger partial charge in [-0.1, -0.05) is 96.1 Å². The third-order valence-electron chi connectivity index (χ3n) is 14.4. The Kier molecular flexibility index (Phi) is 37.5. The SMILES string of the molecule is CCCCCCCCCCCCCCCC(=O)NCC(=O)NCC(=O)N[C@@H](Cc1ccc(O)cc1)C(=O)N[C@@H](CCC(N)=O)C(=O)N[C@@H](CCCCN)C(=O)N[C@@H](CCCCN)C(=O)N[C@@H](CC1(C)N=N1)C(=O)N[C@@H](CCCNC(=N)N)C(=O)NC. The molecule has 0 saturated carbocycles. The number of nitrogens with two attached hydrogens (primary N) is 4. The van der Waals surface area contributed by atoms with Crippen LogP contribution in [0.2, 0.25) is 0 Å². The first-order chi connectivity index (χ1) is 41.1. The summed E-state index contributed by atoms with van der Waals surface area (Å²) in [6, 6.07) is -2.22. The van der Waals surface area contributed by atoms with Crippen molar-refractivity contribution in [2.24, 2.45) is 33.2 Å². The number of phenolic OH excluding ortho intramolecular Hbond substituents is 1. The Balaban J connectivity index is 2.22. The fourth-order valence-electron chi connectivity index (χ4n) is 9.31. The first-order valence-corrected chi connectivity index (χ1v) is 30.7. The van der Waals surface area contributed by atoms with Gasteiger partial charge in [-0.25, -0.2) is 0 Å². The minimum atomic E-state index is -1.53. The number of carbonyl (C=O) groups excluding carboxylic acids is 10. The minimum absolute atomic E-state index is 0.00792. The summed E-state index contributed by atoms with van der Waals surface area (Å²) in [5, 5.41) is 51.3. The standard InChI is InChI=1S/C58H101N17O11/c1-4-5-6-7-8-9-10-11-12-13-14-15-16-25-48(78)66-37-49(79)67-38-50(80)68-45(35-39-26-28-40(76)29-27-39)55(85)72-44(30-31-47(61)77)54(84)71-42(22-17-19-32-59)52(82)70-43(23-18-20-33-60)53(83)73-46(36-58(2)74-75-58)56(86)69-41(51(81)64-3)24-21-34-65-57(62)63/h26-29,41-46,76H,4-25,30-38,59-60H2,1-3H3,(H2,61,77)(H,64,81)(H,66,78)(H,67,79)(H,68,80)(H,69,86)(H,70,82)(H,71,84)(H,72,85)(H,73,83)(H4,62,63,65)/t41-,42-,43-,44-,45-,46-/m0/s1. The van der Waals surface area contributed by atoms with E-state index in [0.29, 0.717) is 44.1 Å². The van der Waals surface area contributed by atoms with Crippen LogP contribution >= 0.6 is 0 Å². The number of primary amides is 1. The van der Waals surface area contributed by atoms with E-state index in [4.69, 9.17) is 28.3 Å². The third-order valence-corrected chi connectivity index (χ3v) is 14.4. The molecule has 10 amide bonds. The molecule has 1 heterocycles. The summed E-state index contributed by atoms with van der Waals surface area (Å²) in [4.78, 5) is 135. The smallest absolute Gasteiger partial charge is 0.243 e. The number of aromatic hydroxyl groups is 1. The molecule has 6 atom stereocenters. The molecule has 0 spiro atoms. The molecule has 0 fully saturated rings. The molecular weight excluding hydrogens is 1110 g/mol. The molecule has 0 unspecified atom stereocenters. The summed E-state index contributed by atoms with van der Waals surface area (Å²) < 4.78 is 0. The highest BCUT2D eigenvalue weighted by Crippen LogP contribution is 2.32. The molecule has 28 heteroatoms. The molecule has 1 aliphatic rings. The van der Waals surface area contributed by atoms with Gasteiger partial charge in [0.1, 0.15) is 42.0 Å². The molecule has 1 aromatic carbocycles. The molecule has 86 heavy (non-hydrogen) atoms. The number of likely N-dealkylation sites (N-methyl/N-ethyl adjacent to an activating group) is 1. The maximum atomic E-state index is 14.4. The number of hydrogen-bond acceptors (Lipinski definition) is 16. The van der Waals surface area contributed by atoms with E-state index in [9.17, 15) is 53.1 Å². The number of unbranched alkanes of at least 4 members (excludes halogenated alkanes) is 14. The molecule has 28 nitrogen and oxygen atoms in total. The van der Waals surface area contributed by atoms with Gasteiger partial charge in [0.05, 0.1) is 13.1 Å². The van der Waals surface area contributed by atoms with Gasteiger partial charge in [-0.2, -0.15) is 10.2 Å². The van der Waals surface area contributed by atoms with Crippen molar-refractivity contribution < 1.29 is 53.1 Å². The number of benzene rings is 1. The van der Waals surface area contributed by atoms with Crippen LogP contribution in [0, 0.1) is 5.41 Å². The Morgan fingerprint density at radius 3 is 1.41 bits per heavy atom. The number of phenols is 1. The molecule has 0 aromatic heterocycles. The summed E-state index contributed by atoms with van der Waals surface area (Å²) in [5.74, 6) is -7.63. The van der Waals surface area contributed by atoms with Gasteiger partial charge in [-0.05, 0) is 102 Å². The predicted molar refractivity (Wildman–Crippen MR) is 325 cm³/mol. The van der Waals surface area contributed by atoms with Crippen LogP contribution in [0.15, 0.2) is 34.5 Å². The maximum absolute atomic E-state index is 14.4. The summed E-state index contributed by atoms with van der Waals surface area (Å²) in [5.41, 5.74) is 21.9. The van der Waals surface area contributed by atoms with Crippen molar-refractivity contribution in [3.8, 4) is 5.75 Å². The number of nitrogens with one attached hydrogen (secondary N) is 11. The van der Waals surface area contributed by atoms with Crippen molar-refractivity contribution in [3.05, 3.63) is 29.8 Å². The van der Waals surface area contributed by atoms with E-state index < -0.39 is 108 Å². The lowest BCUT2D eigenvalue weighted by atomic mass is 10.0. The van der Waals surface area contributed by atoms with E-state index in [1.807, 2.05) is 0 Å². The number of hydrogen-bond donors (Lipinski definition) is 16. The van der Waals surface area contributed by atoms with Crippen molar-refractivity contribution in [2.75, 3.05) is 39.8 Å². The van der Waals surface area contributed by atoms with Crippen LogP contribution in [-0.2, 0) is 54.4 Å². The average Bonchev–Trinajstić information content (AvgIpc) is 2.48. The van der Waals surface area contributed by atoms with Crippen LogP contribution in [0.5, 0.6) is 5.75 Å². The van der Waals surface area contributed by atoms with Crippen LogP contribution < -0.4 is 76.1 Å². The average molecular weight is 1210 g/mol. The van der Waals surface area contributed by atoms with Crippen molar-refractivity contribution in [1.29, 1.82) is 5.41 Å². The van der Waals surface area contributed by atoms with Crippen LogP contribution in [0.3, 0.4) is 0 Å². The second-order valence-electron chi connectivity index (χ2n) is 22.1. The zero-order valence-corrected chi connectivity index (χ0v) is 50.9. The number of guanidine groups is 1. The second kappa shape index (κ2) is 43.2. The van der Waals surface area contributed by atoms with Gasteiger partial charge < -0.3 is 81.2 Å². The van der Waals surface area contributed by atoms with Gasteiger partial charge in [0.2, 0.25) is 59.1 Å². The van der Waals surface area contributed by atoms with Crippen LogP contribution in [0.4, 0.5) is 0 Å². The second-order valence-corrected chi connectivity index (χ2v) is 22.1. The van der Waals surface area contributed by atoms with Gasteiger partial charge >= 0.3 is 0 Å². The van der Waals surface area contributed by atoms with E-state index in [1.165, 1.54) is 89.1 Å². The van der Waals surface area contributed by atoms with Crippen LogP contribution in [0.1, 0.15) is 180 Å². The highest BCUT2D eigenvalue weighted by Gasteiger charge is 2.41. The molecule has 1 aliphatic heterocycles. The topological polar surface area (TPSA) is 464 Å². The first-order valence-electron chi connectivity index (χ1n) is 30.7. The van der Waals surface area contributed by atoms with Crippen molar-refractivity contribution in [3.63, 3.8) is 0 Å². The number of rotatable bonds is 49. The summed E-state index contributed by atoms with van der Waals surface area (Å²) >= 11 is 0. The van der Waals surface area contributed by atoms with E-state index in [1.54, 1.807) is 6.92 Å². The highest BCUT2D eigenvalue weighted by atomic mass is 16.3. The Morgan fingerprint density at radius 2 is 0.930 bits per heavy atom. The van der Waals surface area contributed by atoms with Crippen LogP contribution in [0.25, 0.3) is 0 Å². The minimum Gasteiger partial charge on any atom is -0.508 e. The number of amides is 10. The summed E-state index contributed by atoms with van der Waals surface area (Å²) in [6.07, 6.45) is 16.4. The first kappa shape index (κ1) is 74.6. The zero-order chi connectivity index (χ0) is 63.7. The molecule has 20 N–H and O–H groups in total. The highest BCUT2D eigenvalue weighted by molar-refractivity contribution is 5.98. The van der Waals surface area contributed by atoms with Crippen molar-refractivity contribution in [1.82, 2.24) is 53.2 Å². The monoisotopic (exact) mass is 1210 g/mol. The van der Waals surface area contributed by atoms with Crippen LogP contribution in [-0.4, -0.2) is 152 Å². The van der Waals surface area contributed by atoms with Gasteiger partial charge in [0, 0.05) is 39.3 Å². The van der Waals surface area contributed by atoms with Crippen molar-refractivity contribution >= 4 is 65.0 Å². The van der Waals surface area contributed by atoms with E-state index >= 15 is 0 Å². The third kappa shape index (κ3) is 33.9. The normalized spacial score (nSPS) is 14.1. The van der Waals surface area contributed by atoms with Gasteiger partial charge in [-0.15, -0.1) is 0 Å². The molecule has 484 valence electrons. The molecule has 0 aliphatic carbocycles. The maximum Gasteiger partial charge on any atom is 0.243 e. The Bertz CT molecular complexity index is 2320. The largest absolute Gasteiger partial charge is 0.508 e. The fraction of sp³-hybridized carbons (Fsp3) is 0.707. The van der Waals surface area contributed by atoms with E-state index in [-0.39, 0.29) is 88.7 Å². The molecule has 1 aromatic rings. The molecule has 0 radical (unpaired) electrons. The van der Waals surface area contributed by atoms with Gasteiger partial charge in [0.15, 0.2) is 11.6 Å². The van der Waals surface area contributed by atoms with E-state index in [2.05, 4.69) is 70.3 Å². The van der Waals surface area contributed by atoms with E-state index in [0.717, 1.165) is 19.3 Å². The van der Waals surface area contributed by atoms with Gasteiger partial charge in [0.25, 0.3) is 0 Å². The molecule has 0 bridgehead atoms. The lowest BCUT2D eigenvalue weighted by Crippen LogP contribution is -2.60. The summed E-state index contributed by atoms with van der Waals surface area (Å²) in [6.45, 7) is 3.60. The molecule has 0 saturated heterocycles. The quantitative estimate of drug-likeness (QED) is 0.0242.